The Labute approximate surface area is 143 Å². The van der Waals surface area contributed by atoms with Crippen LogP contribution in [-0.4, -0.2) is 90.1 Å². The molecule has 146 valence electrons. The van der Waals surface area contributed by atoms with Crippen LogP contribution in [0, 0.1) is 0 Å². The van der Waals surface area contributed by atoms with Crippen molar-refractivity contribution in [3.63, 3.8) is 0 Å². The predicted octanol–water partition coefficient (Wildman–Crippen LogP) is 0.0757. The molecule has 10 heteroatoms. The molecule has 0 saturated carbocycles. The summed E-state index contributed by atoms with van der Waals surface area (Å²) in [7, 11) is -3.67. The van der Waals surface area contributed by atoms with Gasteiger partial charge in [-0.3, -0.25) is 4.55 Å². The van der Waals surface area contributed by atoms with Gasteiger partial charge >= 0.3 is 0 Å². The van der Waals surface area contributed by atoms with Crippen molar-refractivity contribution in [3.05, 3.63) is 0 Å². The second kappa shape index (κ2) is 16.2. The first-order valence-corrected chi connectivity index (χ1v) is 9.78. The minimum Gasteiger partial charge on any atom is -0.394 e. The molecule has 24 heavy (non-hydrogen) atoms. The molecule has 1 saturated heterocycles. The zero-order valence-corrected chi connectivity index (χ0v) is 15.0. The van der Waals surface area contributed by atoms with E-state index in [4.69, 9.17) is 33.3 Å². The smallest absolute Gasteiger partial charge is 0.261 e. The highest BCUT2D eigenvalue weighted by atomic mass is 32.2. The first-order chi connectivity index (χ1) is 11.4. The van der Waals surface area contributed by atoms with Crippen LogP contribution in [-0.2, 0) is 33.8 Å². The van der Waals surface area contributed by atoms with Gasteiger partial charge in [-0.2, -0.15) is 8.42 Å². The molecule has 0 bridgehead atoms. The second-order valence-corrected chi connectivity index (χ2v) is 6.43. The molecule has 9 nitrogen and oxygen atoms in total. The van der Waals surface area contributed by atoms with E-state index in [2.05, 4.69) is 0 Å². The fourth-order valence-electron chi connectivity index (χ4n) is 1.69. The molecule has 0 amide bonds. The van der Waals surface area contributed by atoms with E-state index in [1.54, 1.807) is 0 Å². The highest BCUT2D eigenvalue weighted by Gasteiger charge is 2.13. The average Bonchev–Trinajstić information content (AvgIpc) is 2.52. The van der Waals surface area contributed by atoms with Crippen LogP contribution >= 0.6 is 0 Å². The molecule has 1 atom stereocenters. The molecule has 1 fully saturated rings. The molecule has 0 aromatic rings. The van der Waals surface area contributed by atoms with E-state index in [1.807, 2.05) is 0 Å². The van der Waals surface area contributed by atoms with E-state index in [1.165, 1.54) is 6.42 Å². The summed E-state index contributed by atoms with van der Waals surface area (Å²) < 4.78 is 52.5. The predicted molar refractivity (Wildman–Crippen MR) is 86.6 cm³/mol. The van der Waals surface area contributed by atoms with Crippen LogP contribution in [0.1, 0.15) is 19.3 Å². The topological polar surface area (TPSA) is 121 Å². The van der Waals surface area contributed by atoms with Crippen LogP contribution in [0.5, 0.6) is 0 Å². The van der Waals surface area contributed by atoms with Crippen LogP contribution in [0.15, 0.2) is 0 Å². The number of aliphatic hydroxyl groups excluding tert-OH is 1. The molecule has 1 aliphatic heterocycles. The SMILES string of the molecule is CS(=O)(=O)O.OCCOCCOCCOCCOC1CCCCO1. The van der Waals surface area contributed by atoms with Gasteiger partial charge < -0.3 is 28.8 Å². The van der Waals surface area contributed by atoms with Gasteiger partial charge in [0, 0.05) is 6.61 Å². The van der Waals surface area contributed by atoms with Gasteiger partial charge in [0.1, 0.15) is 0 Å². The number of hydrogen-bond acceptors (Lipinski definition) is 8. The lowest BCUT2D eigenvalue weighted by atomic mass is 10.2. The summed E-state index contributed by atoms with van der Waals surface area (Å²) >= 11 is 0. The summed E-state index contributed by atoms with van der Waals surface area (Å²) in [6, 6.07) is 0. The van der Waals surface area contributed by atoms with Gasteiger partial charge in [0.2, 0.25) is 0 Å². The van der Waals surface area contributed by atoms with Gasteiger partial charge in [-0.15, -0.1) is 0 Å². The quantitative estimate of drug-likeness (QED) is 0.361. The van der Waals surface area contributed by atoms with Crippen molar-refractivity contribution >= 4 is 10.1 Å². The molecular weight excluding hydrogens is 344 g/mol. The van der Waals surface area contributed by atoms with E-state index in [9.17, 15) is 8.42 Å². The van der Waals surface area contributed by atoms with E-state index < -0.39 is 10.1 Å². The summed E-state index contributed by atoms with van der Waals surface area (Å²) in [5.74, 6) is 0. The second-order valence-electron chi connectivity index (χ2n) is 4.96. The van der Waals surface area contributed by atoms with Crippen molar-refractivity contribution in [1.82, 2.24) is 0 Å². The number of aliphatic hydroxyl groups is 1. The molecular formula is C14H30O9S. The van der Waals surface area contributed by atoms with Crippen molar-refractivity contribution in [3.8, 4) is 0 Å². The molecule has 1 rings (SSSR count). The third-order valence-corrected chi connectivity index (χ3v) is 2.65. The first-order valence-electron chi connectivity index (χ1n) is 7.93. The number of hydrogen-bond donors (Lipinski definition) is 2. The minimum absolute atomic E-state index is 0.0442. The summed E-state index contributed by atoms with van der Waals surface area (Å²) in [5.41, 5.74) is 0. The highest BCUT2D eigenvalue weighted by Crippen LogP contribution is 2.13. The first kappa shape index (κ1) is 23.7. The summed E-state index contributed by atoms with van der Waals surface area (Å²) in [5, 5.41) is 8.48. The van der Waals surface area contributed by atoms with Crippen molar-refractivity contribution in [2.45, 2.75) is 25.6 Å². The molecule has 0 spiro atoms. The van der Waals surface area contributed by atoms with E-state index in [-0.39, 0.29) is 12.9 Å². The lowest BCUT2D eigenvalue weighted by Gasteiger charge is -2.22. The average molecular weight is 374 g/mol. The third-order valence-electron chi connectivity index (χ3n) is 2.65. The Balaban J connectivity index is 0.000000922. The van der Waals surface area contributed by atoms with E-state index in [0.717, 1.165) is 19.4 Å². The molecule has 1 aliphatic rings. The van der Waals surface area contributed by atoms with Crippen molar-refractivity contribution in [2.75, 3.05) is 65.7 Å². The summed E-state index contributed by atoms with van der Waals surface area (Å²) in [6.07, 6.45) is 3.97. The molecule has 0 aliphatic carbocycles. The Morgan fingerprint density at radius 1 is 0.958 bits per heavy atom. The Hall–Kier alpha value is -0.330. The van der Waals surface area contributed by atoms with Crippen molar-refractivity contribution in [1.29, 1.82) is 0 Å². The lowest BCUT2D eigenvalue weighted by molar-refractivity contribution is -0.169. The van der Waals surface area contributed by atoms with Gasteiger partial charge in [0.15, 0.2) is 6.29 Å². The van der Waals surface area contributed by atoms with E-state index in [0.29, 0.717) is 52.5 Å². The van der Waals surface area contributed by atoms with Gasteiger partial charge in [-0.25, -0.2) is 0 Å². The van der Waals surface area contributed by atoms with Crippen LogP contribution < -0.4 is 0 Å². The van der Waals surface area contributed by atoms with Crippen LogP contribution in [0.4, 0.5) is 0 Å². The van der Waals surface area contributed by atoms with Gasteiger partial charge in [0.25, 0.3) is 10.1 Å². The summed E-state index contributed by atoms with van der Waals surface area (Å²) in [4.78, 5) is 0. The van der Waals surface area contributed by atoms with Crippen molar-refractivity contribution in [2.24, 2.45) is 0 Å². The Kier molecular flexibility index (Phi) is 15.9. The van der Waals surface area contributed by atoms with Crippen LogP contribution in [0.3, 0.4) is 0 Å². The molecule has 0 aromatic heterocycles. The maximum atomic E-state index is 9.19. The molecule has 2 N–H and O–H groups in total. The maximum absolute atomic E-state index is 9.19. The largest absolute Gasteiger partial charge is 0.394 e. The van der Waals surface area contributed by atoms with Gasteiger partial charge in [0.05, 0.1) is 59.1 Å². The fraction of sp³-hybridized carbons (Fsp3) is 1.00. The molecule has 1 unspecified atom stereocenters. The third kappa shape index (κ3) is 21.7. The number of rotatable bonds is 12. The van der Waals surface area contributed by atoms with Crippen LogP contribution in [0.2, 0.25) is 0 Å². The zero-order chi connectivity index (χ0) is 18.1. The standard InChI is InChI=1S/C13H26O6.CH4O3S/c14-4-6-15-7-8-16-9-10-17-11-12-19-13-3-1-2-5-18-13;1-5(2,3)4/h13-14H,1-12H2;1H3,(H,2,3,4). The normalized spacial score (nSPS) is 18.0. The lowest BCUT2D eigenvalue weighted by Crippen LogP contribution is -2.24. The fourth-order valence-corrected chi connectivity index (χ4v) is 1.69. The van der Waals surface area contributed by atoms with E-state index >= 15 is 0 Å². The monoisotopic (exact) mass is 374 g/mol. The molecule has 0 radical (unpaired) electrons. The van der Waals surface area contributed by atoms with Gasteiger partial charge in [-0.05, 0) is 19.3 Å². The number of ether oxygens (including phenoxy) is 5. The Morgan fingerprint density at radius 3 is 1.92 bits per heavy atom. The maximum Gasteiger partial charge on any atom is 0.261 e. The highest BCUT2D eigenvalue weighted by molar-refractivity contribution is 7.85. The Morgan fingerprint density at radius 2 is 1.46 bits per heavy atom. The van der Waals surface area contributed by atoms with Gasteiger partial charge in [-0.1, -0.05) is 0 Å². The molecule has 1 heterocycles. The van der Waals surface area contributed by atoms with Crippen molar-refractivity contribution < 1.29 is 41.8 Å². The summed E-state index contributed by atoms with van der Waals surface area (Å²) in [6.45, 7) is 4.45. The minimum atomic E-state index is -3.67. The Bertz CT molecular complexity index is 347. The zero-order valence-electron chi connectivity index (χ0n) is 14.2. The van der Waals surface area contributed by atoms with Crippen LogP contribution in [0.25, 0.3) is 0 Å². The molecule has 0 aromatic carbocycles.